The maximum absolute atomic E-state index is 12.4. The number of hydrogen-bond donors (Lipinski definition) is 1. The van der Waals surface area contributed by atoms with Gasteiger partial charge in [0.1, 0.15) is 5.41 Å². The van der Waals surface area contributed by atoms with Gasteiger partial charge in [-0.25, -0.2) is 0 Å². The Morgan fingerprint density at radius 3 is 2.60 bits per heavy atom. The van der Waals surface area contributed by atoms with Crippen LogP contribution in [-0.4, -0.2) is 54.1 Å². The molecule has 1 fully saturated rings. The number of aliphatic hydroxyl groups is 1. The molecule has 1 aliphatic heterocycles. The van der Waals surface area contributed by atoms with Crippen LogP contribution in [0.4, 0.5) is 0 Å². The summed E-state index contributed by atoms with van der Waals surface area (Å²) in [6.45, 7) is 6.30. The first-order valence-electron chi connectivity index (χ1n) is 7.49. The number of Topliss-reactive ketones (excluding diaryl/α,β-unsaturated/α-hetero) is 1. The summed E-state index contributed by atoms with van der Waals surface area (Å²) in [5.41, 5.74) is -1.12. The summed E-state index contributed by atoms with van der Waals surface area (Å²) in [5.74, 6) is -0.614. The highest BCUT2D eigenvalue weighted by Crippen LogP contribution is 2.22. The van der Waals surface area contributed by atoms with Crippen LogP contribution >= 0.6 is 0 Å². The van der Waals surface area contributed by atoms with Gasteiger partial charge in [0.15, 0.2) is 5.78 Å². The van der Waals surface area contributed by atoms with Gasteiger partial charge in [0.2, 0.25) is 0 Å². The second kappa shape index (κ2) is 7.74. The second-order valence-electron chi connectivity index (χ2n) is 5.92. The predicted octanol–water partition coefficient (Wildman–Crippen LogP) is 1.38. The number of likely N-dealkylation sites (tertiary alicyclic amines) is 1. The molecule has 0 aromatic carbocycles. The maximum atomic E-state index is 12.4. The lowest BCUT2D eigenvalue weighted by Gasteiger charge is -2.30. The summed E-state index contributed by atoms with van der Waals surface area (Å²) < 4.78 is 4.97. The minimum absolute atomic E-state index is 0.0273. The molecule has 1 heterocycles. The lowest BCUT2D eigenvalue weighted by molar-refractivity contribution is -0.158. The normalized spacial score (nSPS) is 21.3. The third-order valence-electron chi connectivity index (χ3n) is 4.04. The third kappa shape index (κ3) is 4.28. The molecule has 1 unspecified atom stereocenters. The summed E-state index contributed by atoms with van der Waals surface area (Å²) in [6, 6.07) is 0.0273. The van der Waals surface area contributed by atoms with Crippen LogP contribution in [0.5, 0.6) is 0 Å². The van der Waals surface area contributed by atoms with Gasteiger partial charge in [0.05, 0.1) is 19.8 Å². The van der Waals surface area contributed by atoms with E-state index >= 15 is 0 Å². The number of carbonyl (C=O) groups is 2. The van der Waals surface area contributed by atoms with Gasteiger partial charge in [-0.1, -0.05) is 12.8 Å². The van der Waals surface area contributed by atoms with Crippen LogP contribution in [0.1, 0.15) is 46.5 Å². The zero-order valence-electron chi connectivity index (χ0n) is 12.9. The van der Waals surface area contributed by atoms with Crippen LogP contribution in [0.2, 0.25) is 0 Å². The number of hydrogen-bond acceptors (Lipinski definition) is 5. The van der Waals surface area contributed by atoms with E-state index in [9.17, 15) is 14.7 Å². The first kappa shape index (κ1) is 17.1. The van der Waals surface area contributed by atoms with Crippen molar-refractivity contribution in [3.05, 3.63) is 0 Å². The van der Waals surface area contributed by atoms with Crippen LogP contribution in [0.3, 0.4) is 0 Å². The molecular formula is C15H27NO4. The van der Waals surface area contributed by atoms with E-state index < -0.39 is 11.4 Å². The summed E-state index contributed by atoms with van der Waals surface area (Å²) >= 11 is 0. The summed E-state index contributed by atoms with van der Waals surface area (Å²) in [6.07, 6.45) is 4.15. The topological polar surface area (TPSA) is 66.8 Å². The van der Waals surface area contributed by atoms with Gasteiger partial charge in [-0.3, -0.25) is 14.5 Å². The van der Waals surface area contributed by atoms with E-state index in [2.05, 4.69) is 0 Å². The van der Waals surface area contributed by atoms with Crippen molar-refractivity contribution in [2.75, 3.05) is 26.3 Å². The van der Waals surface area contributed by atoms with Crippen LogP contribution in [-0.2, 0) is 14.3 Å². The van der Waals surface area contributed by atoms with Crippen LogP contribution in [0.15, 0.2) is 0 Å². The quantitative estimate of drug-likeness (QED) is 0.590. The number of ether oxygens (including phenoxy) is 1. The molecule has 20 heavy (non-hydrogen) atoms. The van der Waals surface area contributed by atoms with Gasteiger partial charge in [0.25, 0.3) is 0 Å². The van der Waals surface area contributed by atoms with Gasteiger partial charge in [0, 0.05) is 6.04 Å². The van der Waals surface area contributed by atoms with Gasteiger partial charge in [-0.15, -0.1) is 0 Å². The summed E-state index contributed by atoms with van der Waals surface area (Å²) in [7, 11) is 0. The van der Waals surface area contributed by atoms with Crippen molar-refractivity contribution in [1.29, 1.82) is 0 Å². The fraction of sp³-hybridized carbons (Fsp3) is 0.867. The molecule has 0 saturated carbocycles. The van der Waals surface area contributed by atoms with E-state index in [4.69, 9.17) is 4.74 Å². The summed E-state index contributed by atoms with van der Waals surface area (Å²) in [4.78, 5) is 26.3. The van der Waals surface area contributed by atoms with E-state index in [1.54, 1.807) is 20.8 Å². The molecule has 116 valence electrons. The Kier molecular flexibility index (Phi) is 6.62. The molecule has 0 amide bonds. The Labute approximate surface area is 121 Å². The molecule has 0 aromatic rings. The molecule has 5 heteroatoms. The first-order valence-corrected chi connectivity index (χ1v) is 7.49. The average Bonchev–Trinajstić information content (AvgIpc) is 2.63. The molecule has 1 aliphatic rings. The Morgan fingerprint density at radius 2 is 2.00 bits per heavy atom. The van der Waals surface area contributed by atoms with Gasteiger partial charge in [-0.05, 0) is 40.2 Å². The monoisotopic (exact) mass is 285 g/mol. The van der Waals surface area contributed by atoms with Crippen molar-refractivity contribution >= 4 is 11.8 Å². The fourth-order valence-corrected chi connectivity index (χ4v) is 2.46. The minimum atomic E-state index is -1.12. The van der Waals surface area contributed by atoms with Gasteiger partial charge < -0.3 is 9.84 Å². The van der Waals surface area contributed by atoms with E-state index in [1.807, 2.05) is 4.90 Å². The fourth-order valence-electron chi connectivity index (χ4n) is 2.46. The second-order valence-corrected chi connectivity index (χ2v) is 5.92. The van der Waals surface area contributed by atoms with Crippen LogP contribution in [0, 0.1) is 5.41 Å². The number of nitrogens with zero attached hydrogens (tertiary/aromatic N) is 1. The third-order valence-corrected chi connectivity index (χ3v) is 4.04. The Morgan fingerprint density at radius 1 is 1.30 bits per heavy atom. The van der Waals surface area contributed by atoms with Crippen molar-refractivity contribution in [2.24, 2.45) is 5.41 Å². The number of aliphatic hydroxyl groups excluding tert-OH is 1. The molecule has 1 rings (SSSR count). The number of ketones is 1. The van der Waals surface area contributed by atoms with Crippen LogP contribution in [0.25, 0.3) is 0 Å². The molecule has 0 aliphatic carbocycles. The zero-order valence-corrected chi connectivity index (χ0v) is 12.9. The molecule has 1 N–H and O–H groups in total. The Hall–Kier alpha value is -0.940. The standard InChI is InChI=1S/C15H27NO4/c1-4-20-14(19)15(2,3)13(18)10-16-9-7-5-6-8-12(16)11-17/h12,17H,4-11H2,1-3H3. The highest BCUT2D eigenvalue weighted by molar-refractivity contribution is 6.03. The molecule has 0 bridgehead atoms. The molecule has 1 saturated heterocycles. The van der Waals surface area contributed by atoms with E-state index in [0.29, 0.717) is 0 Å². The average molecular weight is 285 g/mol. The number of esters is 1. The first-order chi connectivity index (χ1) is 9.43. The molecule has 5 nitrogen and oxygen atoms in total. The molecule has 0 radical (unpaired) electrons. The maximum Gasteiger partial charge on any atom is 0.319 e. The molecule has 0 spiro atoms. The zero-order chi connectivity index (χ0) is 15.2. The lowest BCUT2D eigenvalue weighted by atomic mass is 9.87. The van der Waals surface area contributed by atoms with E-state index in [1.165, 1.54) is 0 Å². The van der Waals surface area contributed by atoms with E-state index in [0.717, 1.165) is 32.2 Å². The highest BCUT2D eigenvalue weighted by atomic mass is 16.5. The number of carbonyl (C=O) groups excluding carboxylic acids is 2. The predicted molar refractivity (Wildman–Crippen MR) is 76.3 cm³/mol. The molecule has 1 atom stereocenters. The van der Waals surface area contributed by atoms with Gasteiger partial charge in [-0.2, -0.15) is 0 Å². The Bertz CT molecular complexity index is 341. The lowest BCUT2D eigenvalue weighted by Crippen LogP contribution is -2.46. The van der Waals surface area contributed by atoms with Gasteiger partial charge >= 0.3 is 5.97 Å². The largest absolute Gasteiger partial charge is 0.465 e. The minimum Gasteiger partial charge on any atom is -0.465 e. The van der Waals surface area contributed by atoms with E-state index in [-0.39, 0.29) is 31.6 Å². The van der Waals surface area contributed by atoms with Crippen molar-refractivity contribution in [3.63, 3.8) is 0 Å². The molecular weight excluding hydrogens is 258 g/mol. The van der Waals surface area contributed by atoms with Crippen LogP contribution < -0.4 is 0 Å². The summed E-state index contributed by atoms with van der Waals surface area (Å²) in [5, 5.41) is 9.45. The van der Waals surface area contributed by atoms with Crippen molar-refractivity contribution in [2.45, 2.75) is 52.5 Å². The Balaban J connectivity index is 2.69. The molecule has 0 aromatic heterocycles. The highest BCUT2D eigenvalue weighted by Gasteiger charge is 2.38. The van der Waals surface area contributed by atoms with Crippen molar-refractivity contribution in [1.82, 2.24) is 4.90 Å². The van der Waals surface area contributed by atoms with Crippen molar-refractivity contribution in [3.8, 4) is 0 Å². The number of rotatable bonds is 6. The smallest absolute Gasteiger partial charge is 0.319 e. The SMILES string of the molecule is CCOC(=O)C(C)(C)C(=O)CN1CCCCCC1CO. The van der Waals surface area contributed by atoms with Crippen molar-refractivity contribution < 1.29 is 19.4 Å².